The van der Waals surface area contributed by atoms with Gasteiger partial charge in [0.25, 0.3) is 0 Å². The number of benzene rings is 1. The molecule has 1 aliphatic rings. The van der Waals surface area contributed by atoms with Crippen LogP contribution in [0.25, 0.3) is 0 Å². The van der Waals surface area contributed by atoms with Crippen molar-refractivity contribution in [3.63, 3.8) is 0 Å². The van der Waals surface area contributed by atoms with Gasteiger partial charge in [-0.05, 0) is 30.2 Å². The zero-order chi connectivity index (χ0) is 16.8. The van der Waals surface area contributed by atoms with Crippen LogP contribution >= 0.6 is 0 Å². The number of amides is 1. The quantitative estimate of drug-likeness (QED) is 0.876. The van der Waals surface area contributed by atoms with Gasteiger partial charge < -0.3 is 15.2 Å². The van der Waals surface area contributed by atoms with E-state index in [-0.39, 0.29) is 0 Å². The van der Waals surface area contributed by atoms with Gasteiger partial charge in [0.2, 0.25) is 11.8 Å². The second kappa shape index (κ2) is 7.90. The molecule has 1 amide bonds. The third-order valence-corrected chi connectivity index (χ3v) is 3.99. The van der Waals surface area contributed by atoms with Crippen LogP contribution in [0.15, 0.2) is 42.6 Å². The molecule has 0 unspecified atom stereocenters. The predicted octanol–water partition coefficient (Wildman–Crippen LogP) is 1.85. The Labute approximate surface area is 141 Å². The number of rotatable bonds is 6. The van der Waals surface area contributed by atoms with Gasteiger partial charge in [-0.2, -0.15) is 0 Å². The predicted molar refractivity (Wildman–Crippen MR) is 90.2 cm³/mol. The van der Waals surface area contributed by atoms with Crippen molar-refractivity contribution in [1.82, 2.24) is 9.88 Å². The molecule has 2 heterocycles. The number of nitrogens with zero attached hydrogens (tertiary/aromatic N) is 2. The van der Waals surface area contributed by atoms with Gasteiger partial charge in [-0.1, -0.05) is 12.1 Å². The molecule has 2 aromatic rings. The summed E-state index contributed by atoms with van der Waals surface area (Å²) in [5, 5.41) is 0. The van der Waals surface area contributed by atoms with Gasteiger partial charge >= 0.3 is 0 Å². The van der Waals surface area contributed by atoms with E-state index in [9.17, 15) is 4.79 Å². The number of hydrogen-bond acceptors (Lipinski definition) is 5. The highest BCUT2D eigenvalue weighted by Gasteiger charge is 2.10. The molecule has 126 valence electrons. The Morgan fingerprint density at radius 2 is 1.92 bits per heavy atom. The summed E-state index contributed by atoms with van der Waals surface area (Å²) in [4.78, 5) is 17.5. The molecule has 1 aliphatic heterocycles. The minimum Gasteiger partial charge on any atom is -0.439 e. The molecule has 3 rings (SSSR count). The van der Waals surface area contributed by atoms with Crippen LogP contribution in [-0.4, -0.2) is 48.6 Å². The Balaban J connectivity index is 1.53. The molecule has 1 fully saturated rings. The minimum absolute atomic E-state index is 0.362. The fourth-order valence-electron chi connectivity index (χ4n) is 2.54. The van der Waals surface area contributed by atoms with Crippen LogP contribution in [-0.2, 0) is 11.2 Å². The van der Waals surface area contributed by atoms with Crippen LogP contribution in [0.4, 0.5) is 0 Å². The molecule has 0 bridgehead atoms. The maximum Gasteiger partial charge on any atom is 0.250 e. The van der Waals surface area contributed by atoms with Gasteiger partial charge in [-0.3, -0.25) is 9.69 Å². The second-order valence-corrected chi connectivity index (χ2v) is 5.70. The average Bonchev–Trinajstić information content (AvgIpc) is 2.62. The minimum atomic E-state index is -0.501. The maximum absolute atomic E-state index is 11.0. The van der Waals surface area contributed by atoms with E-state index in [1.807, 2.05) is 12.1 Å². The Kier molecular flexibility index (Phi) is 5.40. The summed E-state index contributed by atoms with van der Waals surface area (Å²) >= 11 is 0. The fraction of sp³-hybridized carbons (Fsp3) is 0.333. The molecular weight excluding hydrogens is 306 g/mol. The second-order valence-electron chi connectivity index (χ2n) is 5.70. The summed E-state index contributed by atoms with van der Waals surface area (Å²) < 4.78 is 11.0. The van der Waals surface area contributed by atoms with Gasteiger partial charge in [0.15, 0.2) is 0 Å². The lowest BCUT2D eigenvalue weighted by atomic mass is 10.1. The molecule has 1 aromatic carbocycles. The van der Waals surface area contributed by atoms with Crippen LogP contribution < -0.4 is 10.5 Å². The molecule has 2 N–H and O–H groups in total. The third kappa shape index (κ3) is 4.53. The molecule has 6 heteroatoms. The number of aromatic nitrogens is 1. The van der Waals surface area contributed by atoms with E-state index in [1.54, 1.807) is 12.1 Å². The lowest BCUT2D eigenvalue weighted by Crippen LogP contribution is -2.37. The molecule has 0 aliphatic carbocycles. The summed E-state index contributed by atoms with van der Waals surface area (Å²) in [5.41, 5.74) is 6.82. The van der Waals surface area contributed by atoms with Crippen molar-refractivity contribution >= 4 is 5.91 Å². The number of ether oxygens (including phenoxy) is 2. The Morgan fingerprint density at radius 3 is 2.54 bits per heavy atom. The fourth-order valence-corrected chi connectivity index (χ4v) is 2.54. The van der Waals surface area contributed by atoms with Crippen molar-refractivity contribution in [3.05, 3.63) is 53.7 Å². The first kappa shape index (κ1) is 16.4. The SMILES string of the molecule is NC(=O)c1ccc(Oc2ccc(CCN3CCOCC3)cc2)nc1. The number of morpholine rings is 1. The molecule has 0 spiro atoms. The van der Waals surface area contributed by atoms with Crippen molar-refractivity contribution in [2.45, 2.75) is 6.42 Å². The van der Waals surface area contributed by atoms with E-state index in [0.29, 0.717) is 17.2 Å². The van der Waals surface area contributed by atoms with Crippen molar-refractivity contribution in [2.24, 2.45) is 5.73 Å². The van der Waals surface area contributed by atoms with Gasteiger partial charge in [-0.15, -0.1) is 0 Å². The number of carbonyl (C=O) groups excluding carboxylic acids is 1. The van der Waals surface area contributed by atoms with Gasteiger partial charge in [-0.25, -0.2) is 4.98 Å². The molecule has 24 heavy (non-hydrogen) atoms. The Morgan fingerprint density at radius 1 is 1.17 bits per heavy atom. The summed E-state index contributed by atoms with van der Waals surface area (Å²) in [5.74, 6) is 0.643. The lowest BCUT2D eigenvalue weighted by Gasteiger charge is -2.26. The molecule has 6 nitrogen and oxygen atoms in total. The monoisotopic (exact) mass is 327 g/mol. The summed E-state index contributed by atoms with van der Waals surface area (Å²) in [6.45, 7) is 4.71. The zero-order valence-corrected chi connectivity index (χ0v) is 13.5. The maximum atomic E-state index is 11.0. The van der Waals surface area contributed by atoms with E-state index in [2.05, 4.69) is 22.0 Å². The van der Waals surface area contributed by atoms with Crippen molar-refractivity contribution in [3.8, 4) is 11.6 Å². The van der Waals surface area contributed by atoms with E-state index in [4.69, 9.17) is 15.2 Å². The number of nitrogens with two attached hydrogens (primary N) is 1. The normalized spacial score (nSPS) is 15.2. The van der Waals surface area contributed by atoms with Gasteiger partial charge in [0.05, 0.1) is 18.8 Å². The highest BCUT2D eigenvalue weighted by molar-refractivity contribution is 5.92. The third-order valence-electron chi connectivity index (χ3n) is 3.99. The summed E-state index contributed by atoms with van der Waals surface area (Å²) in [7, 11) is 0. The summed E-state index contributed by atoms with van der Waals surface area (Å²) in [6.07, 6.45) is 2.42. The molecular formula is C18H21N3O3. The van der Waals surface area contributed by atoms with E-state index < -0.39 is 5.91 Å². The molecule has 0 radical (unpaired) electrons. The Bertz CT molecular complexity index is 665. The molecule has 1 aromatic heterocycles. The van der Waals surface area contributed by atoms with Gasteiger partial charge in [0.1, 0.15) is 5.75 Å². The number of hydrogen-bond donors (Lipinski definition) is 1. The summed E-state index contributed by atoms with van der Waals surface area (Å²) in [6, 6.07) is 11.2. The first-order valence-electron chi connectivity index (χ1n) is 8.03. The van der Waals surface area contributed by atoms with Crippen LogP contribution in [0.1, 0.15) is 15.9 Å². The molecule has 1 saturated heterocycles. The van der Waals surface area contributed by atoms with E-state index in [0.717, 1.165) is 39.3 Å². The largest absolute Gasteiger partial charge is 0.439 e. The van der Waals surface area contributed by atoms with Crippen LogP contribution in [0.2, 0.25) is 0 Å². The van der Waals surface area contributed by atoms with E-state index in [1.165, 1.54) is 11.8 Å². The highest BCUT2D eigenvalue weighted by atomic mass is 16.5. The zero-order valence-electron chi connectivity index (χ0n) is 13.5. The highest BCUT2D eigenvalue weighted by Crippen LogP contribution is 2.20. The smallest absolute Gasteiger partial charge is 0.250 e. The van der Waals surface area contributed by atoms with Crippen molar-refractivity contribution < 1.29 is 14.3 Å². The van der Waals surface area contributed by atoms with Crippen LogP contribution in [0.5, 0.6) is 11.6 Å². The average molecular weight is 327 g/mol. The number of carbonyl (C=O) groups is 1. The van der Waals surface area contributed by atoms with Crippen molar-refractivity contribution in [1.29, 1.82) is 0 Å². The lowest BCUT2D eigenvalue weighted by molar-refractivity contribution is 0.0384. The van der Waals surface area contributed by atoms with Crippen LogP contribution in [0.3, 0.4) is 0 Å². The number of primary amides is 1. The van der Waals surface area contributed by atoms with Crippen molar-refractivity contribution in [2.75, 3.05) is 32.8 Å². The first-order chi connectivity index (χ1) is 11.7. The molecule has 0 atom stereocenters. The van der Waals surface area contributed by atoms with Gasteiger partial charge in [0, 0.05) is 31.9 Å². The molecule has 0 saturated carbocycles. The first-order valence-corrected chi connectivity index (χ1v) is 8.03. The number of pyridine rings is 1. The Hall–Kier alpha value is -2.44. The van der Waals surface area contributed by atoms with Crippen LogP contribution in [0, 0.1) is 0 Å². The van der Waals surface area contributed by atoms with E-state index >= 15 is 0 Å². The standard InChI is InChI=1S/C18H21N3O3/c19-18(22)15-3-6-17(20-13-15)24-16-4-1-14(2-5-16)7-8-21-9-11-23-12-10-21/h1-6,13H,7-12H2,(H2,19,22). The topological polar surface area (TPSA) is 77.7 Å².